The van der Waals surface area contributed by atoms with Crippen molar-refractivity contribution < 1.29 is 19.1 Å². The van der Waals surface area contributed by atoms with Crippen molar-refractivity contribution in [2.75, 3.05) is 13.2 Å². The van der Waals surface area contributed by atoms with Crippen LogP contribution in [-0.2, 0) is 19.1 Å². The van der Waals surface area contributed by atoms with Crippen molar-refractivity contribution in [2.45, 2.75) is 37.8 Å². The van der Waals surface area contributed by atoms with Gasteiger partial charge in [0.2, 0.25) is 0 Å². The second kappa shape index (κ2) is 21.1. The molecule has 0 saturated carbocycles. The van der Waals surface area contributed by atoms with Gasteiger partial charge in [0, 0.05) is 31.9 Å². The van der Waals surface area contributed by atoms with Crippen LogP contribution in [0.25, 0.3) is 0 Å². The van der Waals surface area contributed by atoms with Crippen molar-refractivity contribution in [2.24, 2.45) is 10.7 Å². The highest BCUT2D eigenvalue weighted by Crippen LogP contribution is 2.34. The Morgan fingerprint density at radius 2 is 0.909 bits per heavy atom. The van der Waals surface area contributed by atoms with Crippen LogP contribution in [0.1, 0.15) is 59.1 Å². The molecule has 2 N–H and O–H groups in total. The third-order valence-corrected chi connectivity index (χ3v) is 9.84. The van der Waals surface area contributed by atoms with E-state index in [0.717, 1.165) is 48.0 Å². The maximum atomic E-state index is 13.5. The molecule has 8 heteroatoms. The topological polar surface area (TPSA) is 91.0 Å². The Balaban J connectivity index is 0.000000237. The molecule has 6 nitrogen and oxygen atoms in total. The van der Waals surface area contributed by atoms with Crippen LogP contribution in [0.4, 0.5) is 0 Å². The first-order chi connectivity index (χ1) is 26.8. The van der Waals surface area contributed by atoms with Crippen LogP contribution in [-0.4, -0.2) is 42.9 Å². The number of nitrogens with two attached hydrogens (primary N) is 1. The molecule has 6 aromatic rings. The van der Waals surface area contributed by atoms with Gasteiger partial charge in [-0.25, -0.2) is 4.79 Å². The Morgan fingerprint density at radius 3 is 1.35 bits per heavy atom. The number of esters is 2. The summed E-state index contributed by atoms with van der Waals surface area (Å²) in [5.74, 6) is -1.28. The summed E-state index contributed by atoms with van der Waals surface area (Å²) in [5, 5.41) is 0. The van der Waals surface area contributed by atoms with E-state index in [4.69, 9.17) is 20.2 Å². The first kappa shape index (κ1) is 41.0. The van der Waals surface area contributed by atoms with Crippen LogP contribution in [0.3, 0.4) is 0 Å². The van der Waals surface area contributed by atoms with Crippen LogP contribution < -0.4 is 5.73 Å². The van der Waals surface area contributed by atoms with Crippen molar-refractivity contribution in [1.82, 2.24) is 0 Å². The molecule has 0 radical (unpaired) electrons. The molecular formula is C47H44Br2N2O4. The van der Waals surface area contributed by atoms with Crippen molar-refractivity contribution in [1.29, 1.82) is 0 Å². The third kappa shape index (κ3) is 11.4. The predicted molar refractivity (Wildman–Crippen MR) is 228 cm³/mol. The maximum Gasteiger partial charge on any atom is 0.331 e. The standard InChI is InChI=1S/C30H26BrNO2.C17H18BrNO2/c1-2-34-30(33)29(27(22-13-6-3-7-14-22)25-19-12-20-26(31)21-25)32-28(23-15-8-4-9-16-23)24-17-10-5-11-18-24;1-2-21-17(20)16(19)15(12-7-4-3-5-8-12)13-9-6-10-14(18)11-13/h3-21,27,29H,2H2,1H3;3-11,15-16H,2,19H2,1H3. The van der Waals surface area contributed by atoms with E-state index in [0.29, 0.717) is 6.61 Å². The number of nitrogens with zero attached hydrogens (tertiary/aromatic N) is 1. The molecule has 0 amide bonds. The zero-order valence-electron chi connectivity index (χ0n) is 30.8. The van der Waals surface area contributed by atoms with E-state index in [1.807, 2.05) is 177 Å². The van der Waals surface area contributed by atoms with Gasteiger partial charge in [-0.15, -0.1) is 0 Å². The molecule has 4 unspecified atom stereocenters. The van der Waals surface area contributed by atoms with E-state index < -0.39 is 12.1 Å². The summed E-state index contributed by atoms with van der Waals surface area (Å²) < 4.78 is 12.6. The second-order valence-corrected chi connectivity index (χ2v) is 14.4. The van der Waals surface area contributed by atoms with E-state index in [9.17, 15) is 9.59 Å². The lowest BCUT2D eigenvalue weighted by Crippen LogP contribution is -2.38. The fraction of sp³-hybridized carbons (Fsp3) is 0.170. The van der Waals surface area contributed by atoms with Crippen LogP contribution in [0.15, 0.2) is 184 Å². The molecule has 6 rings (SSSR count). The number of carbonyl (C=O) groups excluding carboxylic acids is 2. The Morgan fingerprint density at radius 1 is 0.527 bits per heavy atom. The number of carbonyl (C=O) groups is 2. The SMILES string of the molecule is CCOC(=O)C(N)C(c1ccccc1)c1cccc(Br)c1.CCOC(=O)C(N=C(c1ccccc1)c1ccccc1)C(c1ccccc1)c1cccc(Br)c1. The average molecular weight is 861 g/mol. The first-order valence-electron chi connectivity index (χ1n) is 18.2. The van der Waals surface area contributed by atoms with Gasteiger partial charge >= 0.3 is 11.9 Å². The minimum Gasteiger partial charge on any atom is -0.465 e. The summed E-state index contributed by atoms with van der Waals surface area (Å²) in [4.78, 5) is 30.7. The van der Waals surface area contributed by atoms with Gasteiger partial charge in [-0.1, -0.05) is 177 Å². The van der Waals surface area contributed by atoms with E-state index >= 15 is 0 Å². The van der Waals surface area contributed by atoms with Gasteiger partial charge in [0.1, 0.15) is 6.04 Å². The quantitative estimate of drug-likeness (QED) is 0.0923. The van der Waals surface area contributed by atoms with Gasteiger partial charge in [-0.3, -0.25) is 9.79 Å². The summed E-state index contributed by atoms with van der Waals surface area (Å²) >= 11 is 7.06. The second-order valence-electron chi connectivity index (χ2n) is 12.6. The molecule has 280 valence electrons. The predicted octanol–water partition coefficient (Wildman–Crippen LogP) is 10.5. The Hall–Kier alpha value is -5.15. The highest BCUT2D eigenvalue weighted by atomic mass is 79.9. The molecule has 55 heavy (non-hydrogen) atoms. The maximum absolute atomic E-state index is 13.5. The fourth-order valence-corrected chi connectivity index (χ4v) is 7.23. The zero-order valence-corrected chi connectivity index (χ0v) is 34.0. The largest absolute Gasteiger partial charge is 0.465 e. The number of halogens is 2. The van der Waals surface area contributed by atoms with E-state index in [1.54, 1.807) is 6.92 Å². The molecule has 6 aromatic carbocycles. The van der Waals surface area contributed by atoms with Gasteiger partial charge in [-0.05, 0) is 60.4 Å². The molecule has 4 atom stereocenters. The monoisotopic (exact) mass is 858 g/mol. The van der Waals surface area contributed by atoms with Crippen molar-refractivity contribution in [3.8, 4) is 0 Å². The number of benzene rings is 6. The lowest BCUT2D eigenvalue weighted by molar-refractivity contribution is -0.145. The molecule has 0 spiro atoms. The summed E-state index contributed by atoms with van der Waals surface area (Å²) in [6.45, 7) is 4.22. The number of ether oxygens (including phenoxy) is 2. The van der Waals surface area contributed by atoms with Crippen molar-refractivity contribution >= 4 is 49.5 Å². The lowest BCUT2D eigenvalue weighted by atomic mass is 9.85. The van der Waals surface area contributed by atoms with E-state index in [-0.39, 0.29) is 30.4 Å². The summed E-state index contributed by atoms with van der Waals surface area (Å²) in [7, 11) is 0. The fourth-order valence-electron chi connectivity index (χ4n) is 6.40. The molecule has 0 fully saturated rings. The van der Waals surface area contributed by atoms with E-state index in [1.165, 1.54) is 0 Å². The number of hydrogen-bond donors (Lipinski definition) is 1. The minimum absolute atomic E-state index is 0.234. The van der Waals surface area contributed by atoms with Crippen LogP contribution in [0.2, 0.25) is 0 Å². The van der Waals surface area contributed by atoms with Crippen molar-refractivity contribution in [3.05, 3.63) is 212 Å². The highest BCUT2D eigenvalue weighted by Gasteiger charge is 2.33. The molecule has 0 aromatic heterocycles. The van der Waals surface area contributed by atoms with Gasteiger partial charge < -0.3 is 15.2 Å². The summed E-state index contributed by atoms with van der Waals surface area (Å²) in [5.41, 5.74) is 12.8. The van der Waals surface area contributed by atoms with Crippen LogP contribution >= 0.6 is 31.9 Å². The molecule has 0 bridgehead atoms. The minimum atomic E-state index is -0.771. The Bertz CT molecular complexity index is 2090. The van der Waals surface area contributed by atoms with Gasteiger partial charge in [0.15, 0.2) is 6.04 Å². The van der Waals surface area contributed by atoms with Crippen LogP contribution in [0.5, 0.6) is 0 Å². The number of aliphatic imine (C=N–C) groups is 1. The lowest BCUT2D eigenvalue weighted by Gasteiger charge is -2.25. The first-order valence-corrected chi connectivity index (χ1v) is 19.8. The van der Waals surface area contributed by atoms with E-state index in [2.05, 4.69) is 31.9 Å². The Labute approximate surface area is 340 Å². The highest BCUT2D eigenvalue weighted by molar-refractivity contribution is 9.10. The third-order valence-electron chi connectivity index (χ3n) is 8.86. The van der Waals surface area contributed by atoms with Gasteiger partial charge in [0.05, 0.1) is 18.9 Å². The Kier molecular flexibility index (Phi) is 15.7. The van der Waals surface area contributed by atoms with Crippen molar-refractivity contribution in [3.63, 3.8) is 0 Å². The normalized spacial score (nSPS) is 12.8. The molecular weight excluding hydrogens is 816 g/mol. The molecule has 0 saturated heterocycles. The average Bonchev–Trinajstić information content (AvgIpc) is 3.21. The van der Waals surface area contributed by atoms with Crippen LogP contribution in [0, 0.1) is 0 Å². The number of hydrogen-bond acceptors (Lipinski definition) is 6. The molecule has 0 heterocycles. The summed E-state index contributed by atoms with van der Waals surface area (Å²) in [6.07, 6.45) is 0. The smallest absolute Gasteiger partial charge is 0.331 e. The summed E-state index contributed by atoms with van der Waals surface area (Å²) in [6, 6.07) is 54.1. The number of rotatable bonds is 13. The zero-order chi connectivity index (χ0) is 39.0. The molecule has 0 aliphatic heterocycles. The van der Waals surface area contributed by atoms with Gasteiger partial charge in [-0.2, -0.15) is 0 Å². The molecule has 0 aliphatic rings. The molecule has 0 aliphatic carbocycles. The van der Waals surface area contributed by atoms with Gasteiger partial charge in [0.25, 0.3) is 0 Å².